The third-order valence-electron chi connectivity index (χ3n) is 7.63. The second kappa shape index (κ2) is 11.0. The van der Waals surface area contributed by atoms with Gasteiger partial charge in [0.15, 0.2) is 8.32 Å². The first kappa shape index (κ1) is 29.2. The van der Waals surface area contributed by atoms with E-state index in [0.29, 0.717) is 16.6 Å². The Morgan fingerprint density at radius 3 is 1.48 bits per heavy atom. The van der Waals surface area contributed by atoms with E-state index in [0.717, 1.165) is 0 Å². The molecule has 8 heteroatoms. The predicted molar refractivity (Wildman–Crippen MR) is 129 cm³/mol. The van der Waals surface area contributed by atoms with Crippen molar-refractivity contribution in [3.63, 3.8) is 0 Å². The summed E-state index contributed by atoms with van der Waals surface area (Å²) < 4.78 is 48.1. The smallest absolute Gasteiger partial charge is 0.296 e. The van der Waals surface area contributed by atoms with Crippen LogP contribution in [0.5, 0.6) is 0 Å². The van der Waals surface area contributed by atoms with Crippen molar-refractivity contribution in [2.24, 2.45) is 0 Å². The summed E-state index contributed by atoms with van der Waals surface area (Å²) in [6, 6.07) is 0. The maximum Gasteiger partial charge on any atom is 0.296 e. The van der Waals surface area contributed by atoms with Crippen molar-refractivity contribution in [3.05, 3.63) is 0 Å². The number of alkyl halides is 1. The number of rotatable bonds is 12. The van der Waals surface area contributed by atoms with Crippen molar-refractivity contribution in [3.8, 4) is 0 Å². The normalized spacial score (nSPS) is 25.9. The van der Waals surface area contributed by atoms with Gasteiger partial charge in [0.05, 0.1) is 6.61 Å². The van der Waals surface area contributed by atoms with Gasteiger partial charge in [-0.25, -0.2) is 4.39 Å². The summed E-state index contributed by atoms with van der Waals surface area (Å²) >= 11 is 0. The summed E-state index contributed by atoms with van der Waals surface area (Å²) in [7, 11) is -4.68. The molecule has 0 aromatic carbocycles. The molecular formula is C23H48F2O4Si2. The summed E-state index contributed by atoms with van der Waals surface area (Å²) in [5, 5.41) is 0. The van der Waals surface area contributed by atoms with E-state index < -0.39 is 41.3 Å². The molecule has 0 aliphatic carbocycles. The summed E-state index contributed by atoms with van der Waals surface area (Å²) in [6.07, 6.45) is -1.85. The van der Waals surface area contributed by atoms with Gasteiger partial charge in [0.1, 0.15) is 18.8 Å². The van der Waals surface area contributed by atoms with Crippen LogP contribution >= 0.6 is 0 Å². The zero-order valence-electron chi connectivity index (χ0n) is 21.9. The third kappa shape index (κ3) is 5.45. The number of halogens is 2. The van der Waals surface area contributed by atoms with E-state index in [1.165, 1.54) is 0 Å². The van der Waals surface area contributed by atoms with Gasteiger partial charge in [-0.05, 0) is 37.8 Å². The average Bonchev–Trinajstić information content (AvgIpc) is 2.94. The molecule has 0 amide bonds. The van der Waals surface area contributed by atoms with Crippen LogP contribution in [0.4, 0.5) is 8.92 Å². The molecule has 0 bridgehead atoms. The Balaban J connectivity index is 3.29. The molecule has 1 heterocycles. The molecule has 0 aromatic heterocycles. The van der Waals surface area contributed by atoms with Crippen LogP contribution in [0.25, 0.3) is 0 Å². The zero-order valence-corrected chi connectivity index (χ0v) is 23.9. The van der Waals surface area contributed by atoms with Crippen molar-refractivity contribution < 1.29 is 27.4 Å². The molecule has 0 spiro atoms. The van der Waals surface area contributed by atoms with Crippen molar-refractivity contribution in [1.29, 1.82) is 0 Å². The van der Waals surface area contributed by atoms with Gasteiger partial charge < -0.3 is 13.6 Å². The Bertz CT molecular complexity index is 514. The standard InChI is InChI=1S/C23H48F2O4Si2/c1-15(2)30(16(3)4,17(5)6)27-13-21-22(23(24,29-25)14-26-21)28-31(18(7)8,19(9)10)20(11)12/h15-22H,13-14H2,1-12H3/t21-,22-,23-/m1/s1. The van der Waals surface area contributed by atoms with E-state index in [4.69, 9.17) is 13.6 Å². The molecule has 1 saturated heterocycles. The number of hydrogen-bond donors (Lipinski definition) is 0. The molecule has 186 valence electrons. The molecule has 1 rings (SSSR count). The SMILES string of the molecule is CC(C)[Si](OC[C@H]1OC[C@@](F)(OF)[C@@H]1O[Si](C(C)C)(C(C)C)C(C)C)(C(C)C)C(C)C. The Kier molecular flexibility index (Phi) is 10.4. The summed E-state index contributed by atoms with van der Waals surface area (Å²) in [5.41, 5.74) is 1.85. The summed E-state index contributed by atoms with van der Waals surface area (Å²) in [5.74, 6) is -2.61. The molecule has 1 fully saturated rings. The van der Waals surface area contributed by atoms with Gasteiger partial charge in [0, 0.05) is 0 Å². The molecule has 0 aromatic rings. The van der Waals surface area contributed by atoms with Crippen LogP contribution in [0.15, 0.2) is 0 Å². The molecular weight excluding hydrogens is 434 g/mol. The van der Waals surface area contributed by atoms with Crippen LogP contribution in [-0.2, 0) is 18.5 Å². The minimum absolute atomic E-state index is 0.194. The second-order valence-electron chi connectivity index (χ2n) is 11.2. The molecule has 31 heavy (non-hydrogen) atoms. The fraction of sp³-hybridized carbons (Fsp3) is 1.00. The Morgan fingerprint density at radius 1 is 0.774 bits per heavy atom. The number of ether oxygens (including phenoxy) is 1. The number of hydrogen-bond acceptors (Lipinski definition) is 4. The maximum absolute atomic E-state index is 15.5. The predicted octanol–water partition coefficient (Wildman–Crippen LogP) is 7.70. The topological polar surface area (TPSA) is 36.9 Å². The van der Waals surface area contributed by atoms with E-state index in [-0.39, 0.29) is 23.2 Å². The first-order chi connectivity index (χ1) is 14.1. The van der Waals surface area contributed by atoms with Crippen LogP contribution in [0.2, 0.25) is 33.2 Å². The minimum Gasteiger partial charge on any atom is -0.413 e. The highest BCUT2D eigenvalue weighted by molar-refractivity contribution is 6.78. The fourth-order valence-electron chi connectivity index (χ4n) is 6.39. The van der Waals surface area contributed by atoms with E-state index in [1.807, 2.05) is 0 Å². The molecule has 0 unspecified atom stereocenters. The van der Waals surface area contributed by atoms with Crippen LogP contribution in [-0.4, -0.2) is 47.9 Å². The van der Waals surface area contributed by atoms with Gasteiger partial charge in [-0.2, -0.15) is 0 Å². The second-order valence-corrected chi connectivity index (χ2v) is 22.1. The monoisotopic (exact) mass is 482 g/mol. The molecule has 1 aliphatic heterocycles. The van der Waals surface area contributed by atoms with Gasteiger partial charge in [-0.3, -0.25) is 0 Å². The van der Waals surface area contributed by atoms with Crippen LogP contribution in [0.3, 0.4) is 0 Å². The Morgan fingerprint density at radius 2 is 1.16 bits per heavy atom. The van der Waals surface area contributed by atoms with Crippen LogP contribution < -0.4 is 0 Å². The molecule has 4 nitrogen and oxygen atoms in total. The molecule has 0 saturated carbocycles. The average molecular weight is 483 g/mol. The van der Waals surface area contributed by atoms with Crippen molar-refractivity contribution in [1.82, 2.24) is 0 Å². The first-order valence-electron chi connectivity index (χ1n) is 12.0. The lowest BCUT2D eigenvalue weighted by atomic mass is 10.1. The van der Waals surface area contributed by atoms with Crippen molar-refractivity contribution >= 4 is 16.6 Å². The zero-order chi connectivity index (χ0) is 24.4. The lowest BCUT2D eigenvalue weighted by Gasteiger charge is -2.46. The highest BCUT2D eigenvalue weighted by Gasteiger charge is 2.60. The van der Waals surface area contributed by atoms with Gasteiger partial charge in [-0.1, -0.05) is 83.1 Å². The Hall–Kier alpha value is 0.134. The van der Waals surface area contributed by atoms with Crippen molar-refractivity contribution in [2.45, 2.75) is 134 Å². The van der Waals surface area contributed by atoms with Crippen molar-refractivity contribution in [2.75, 3.05) is 13.2 Å². The minimum atomic E-state index is -2.61. The van der Waals surface area contributed by atoms with Gasteiger partial charge in [0.25, 0.3) is 5.85 Å². The van der Waals surface area contributed by atoms with E-state index in [2.05, 4.69) is 88.0 Å². The largest absolute Gasteiger partial charge is 0.413 e. The lowest BCUT2D eigenvalue weighted by molar-refractivity contribution is -0.312. The molecule has 0 radical (unpaired) electrons. The van der Waals surface area contributed by atoms with Crippen LogP contribution in [0, 0.1) is 0 Å². The summed E-state index contributed by atoms with van der Waals surface area (Å²) in [4.78, 5) is 3.86. The highest BCUT2D eigenvalue weighted by Crippen LogP contribution is 2.48. The van der Waals surface area contributed by atoms with Gasteiger partial charge in [0.2, 0.25) is 8.32 Å². The molecule has 3 atom stereocenters. The van der Waals surface area contributed by atoms with E-state index >= 15 is 4.39 Å². The van der Waals surface area contributed by atoms with E-state index in [9.17, 15) is 4.53 Å². The molecule has 0 N–H and O–H groups in total. The Labute approximate surface area is 191 Å². The van der Waals surface area contributed by atoms with Crippen LogP contribution in [0.1, 0.15) is 83.1 Å². The highest BCUT2D eigenvalue weighted by atomic mass is 28.4. The summed E-state index contributed by atoms with van der Waals surface area (Å²) in [6.45, 7) is 25.7. The lowest BCUT2D eigenvalue weighted by Crippen LogP contribution is -2.57. The van der Waals surface area contributed by atoms with E-state index in [1.54, 1.807) is 0 Å². The fourth-order valence-corrected chi connectivity index (χ4v) is 17.4. The quantitative estimate of drug-likeness (QED) is 0.267. The maximum atomic E-state index is 15.5. The molecule has 1 aliphatic rings. The van der Waals surface area contributed by atoms with Gasteiger partial charge in [-0.15, -0.1) is 4.94 Å². The third-order valence-corrected chi connectivity index (χ3v) is 19.8. The first-order valence-corrected chi connectivity index (χ1v) is 16.3. The van der Waals surface area contributed by atoms with Gasteiger partial charge >= 0.3 is 0 Å².